The Bertz CT molecular complexity index is 482. The Kier molecular flexibility index (Phi) is 5.02. The molecule has 94 valence electrons. The van der Waals surface area contributed by atoms with Crippen LogP contribution in [0.1, 0.15) is 15.9 Å². The highest BCUT2D eigenvalue weighted by atomic mass is 32.2. The highest BCUT2D eigenvalue weighted by Gasteiger charge is 2.15. The summed E-state index contributed by atoms with van der Waals surface area (Å²) in [6.45, 7) is 0. The molecule has 1 rings (SSSR count). The highest BCUT2D eigenvalue weighted by molar-refractivity contribution is 7.84. The van der Waals surface area contributed by atoms with Crippen molar-refractivity contribution < 1.29 is 17.9 Å². The van der Waals surface area contributed by atoms with E-state index in [1.54, 1.807) is 24.5 Å². The van der Waals surface area contributed by atoms with Gasteiger partial charge < -0.3 is 4.74 Å². The number of esters is 1. The Balaban J connectivity index is 3.22. The molecular weight excluding hydrogens is 260 g/mol. The van der Waals surface area contributed by atoms with Crippen LogP contribution in [0, 0.1) is 0 Å². The fourth-order valence-corrected chi connectivity index (χ4v) is 2.84. The molecule has 4 nitrogen and oxygen atoms in total. The predicted molar refractivity (Wildman–Crippen MR) is 67.9 cm³/mol. The molecule has 17 heavy (non-hydrogen) atoms. The Labute approximate surface area is 105 Å². The summed E-state index contributed by atoms with van der Waals surface area (Å²) in [6, 6.07) is 4.90. The Hall–Kier alpha value is -1.01. The number of benzene rings is 1. The summed E-state index contributed by atoms with van der Waals surface area (Å²) < 4.78 is 27.3. The lowest BCUT2D eigenvalue weighted by atomic mass is 10.1. The molecule has 2 unspecified atom stereocenters. The third-order valence-corrected chi connectivity index (χ3v) is 3.83. The molecule has 0 aliphatic carbocycles. The number of methoxy groups -OCH3 is 1. The first-order chi connectivity index (χ1) is 7.95. The largest absolute Gasteiger partial charge is 0.465 e. The van der Waals surface area contributed by atoms with E-state index in [1.165, 1.54) is 13.4 Å². The summed E-state index contributed by atoms with van der Waals surface area (Å²) in [5, 5.41) is 0. The molecule has 0 radical (unpaired) electrons. The van der Waals surface area contributed by atoms with Gasteiger partial charge in [-0.2, -0.15) is 0 Å². The van der Waals surface area contributed by atoms with E-state index in [9.17, 15) is 13.2 Å². The number of hydrogen-bond acceptors (Lipinski definition) is 4. The second-order valence-electron chi connectivity index (χ2n) is 3.49. The van der Waals surface area contributed by atoms with Crippen molar-refractivity contribution in [1.29, 1.82) is 0 Å². The third kappa shape index (κ3) is 3.74. The summed E-state index contributed by atoms with van der Waals surface area (Å²) in [5.74, 6) is -0.134. The van der Waals surface area contributed by atoms with Crippen LogP contribution >= 0.6 is 0 Å². The van der Waals surface area contributed by atoms with Gasteiger partial charge in [0, 0.05) is 29.1 Å². The van der Waals surface area contributed by atoms with Crippen molar-refractivity contribution in [2.24, 2.45) is 0 Å². The van der Waals surface area contributed by atoms with Gasteiger partial charge in [0.1, 0.15) is 0 Å². The summed E-state index contributed by atoms with van der Waals surface area (Å²) in [5.41, 5.74) is 1.09. The van der Waals surface area contributed by atoms with Gasteiger partial charge in [-0.25, -0.2) is 4.79 Å². The Morgan fingerprint density at radius 3 is 2.41 bits per heavy atom. The maximum absolute atomic E-state index is 11.6. The Morgan fingerprint density at radius 2 is 1.94 bits per heavy atom. The molecule has 0 N–H and O–H groups in total. The summed E-state index contributed by atoms with van der Waals surface area (Å²) in [6.07, 6.45) is 3.09. The van der Waals surface area contributed by atoms with Gasteiger partial charge in [-0.1, -0.05) is 6.07 Å². The van der Waals surface area contributed by atoms with Crippen molar-refractivity contribution >= 4 is 27.6 Å². The van der Waals surface area contributed by atoms with Gasteiger partial charge in [0.05, 0.1) is 28.4 Å². The lowest BCUT2D eigenvalue weighted by molar-refractivity contribution is 0.0596. The molecule has 6 heteroatoms. The van der Waals surface area contributed by atoms with E-state index in [4.69, 9.17) is 0 Å². The van der Waals surface area contributed by atoms with Gasteiger partial charge in [-0.05, 0) is 17.7 Å². The number of rotatable bonds is 4. The minimum Gasteiger partial charge on any atom is -0.465 e. The number of carbonyl (C=O) groups excluding carboxylic acids is 1. The minimum atomic E-state index is -1.29. The molecule has 0 aliphatic rings. The molecule has 0 saturated carbocycles. The van der Waals surface area contributed by atoms with Crippen molar-refractivity contribution in [1.82, 2.24) is 0 Å². The van der Waals surface area contributed by atoms with E-state index >= 15 is 0 Å². The van der Waals surface area contributed by atoms with Crippen LogP contribution in [0.3, 0.4) is 0 Å². The van der Waals surface area contributed by atoms with Gasteiger partial charge in [0.2, 0.25) is 0 Å². The average Bonchev–Trinajstić information content (AvgIpc) is 2.27. The summed E-state index contributed by atoms with van der Waals surface area (Å²) >= 11 is 0. The molecule has 0 aliphatic heterocycles. The zero-order valence-electron chi connectivity index (χ0n) is 9.89. The number of hydrogen-bond donors (Lipinski definition) is 0. The van der Waals surface area contributed by atoms with Crippen LogP contribution < -0.4 is 0 Å². The van der Waals surface area contributed by atoms with Gasteiger partial charge >= 0.3 is 5.97 Å². The SMILES string of the molecule is COC(=O)c1ccc(CS(C)=O)cc1S(C)=O. The number of carbonyl (C=O) groups is 1. The maximum atomic E-state index is 11.6. The molecule has 0 fully saturated rings. The van der Waals surface area contributed by atoms with Crippen LogP contribution in [0.15, 0.2) is 23.1 Å². The average molecular weight is 274 g/mol. The molecular formula is C11H14O4S2. The first-order valence-electron chi connectivity index (χ1n) is 4.80. The lowest BCUT2D eigenvalue weighted by Crippen LogP contribution is -2.07. The second kappa shape index (κ2) is 6.07. The van der Waals surface area contributed by atoms with Crippen molar-refractivity contribution in [3.8, 4) is 0 Å². The maximum Gasteiger partial charge on any atom is 0.339 e. The number of ether oxygens (including phenoxy) is 1. The fourth-order valence-electron chi connectivity index (χ4n) is 1.41. The van der Waals surface area contributed by atoms with Crippen LogP contribution in [0.4, 0.5) is 0 Å². The van der Waals surface area contributed by atoms with Crippen LogP contribution in [0.25, 0.3) is 0 Å². The standard InChI is InChI=1S/C11H14O4S2/c1-15-11(12)9-5-4-8(7-16(2)13)6-10(9)17(3)14/h4-6H,7H2,1-3H3. The predicted octanol–water partition coefficient (Wildman–Crippen LogP) is 1.09. The smallest absolute Gasteiger partial charge is 0.339 e. The van der Waals surface area contributed by atoms with Crippen LogP contribution in [0.5, 0.6) is 0 Å². The fraction of sp³-hybridized carbons (Fsp3) is 0.364. The van der Waals surface area contributed by atoms with Gasteiger partial charge in [0.15, 0.2) is 0 Å². The van der Waals surface area contributed by atoms with Crippen molar-refractivity contribution in [3.05, 3.63) is 29.3 Å². The van der Waals surface area contributed by atoms with E-state index in [-0.39, 0.29) is 0 Å². The summed E-state index contributed by atoms with van der Waals surface area (Å²) in [7, 11) is -0.982. The van der Waals surface area contributed by atoms with Crippen molar-refractivity contribution in [2.45, 2.75) is 10.6 Å². The zero-order chi connectivity index (χ0) is 13.0. The first kappa shape index (κ1) is 14.1. The monoisotopic (exact) mass is 274 g/mol. The zero-order valence-corrected chi connectivity index (χ0v) is 11.5. The minimum absolute atomic E-state index is 0.291. The van der Waals surface area contributed by atoms with Crippen LogP contribution in [0.2, 0.25) is 0 Å². The molecule has 0 saturated heterocycles. The quantitative estimate of drug-likeness (QED) is 0.771. The van der Waals surface area contributed by atoms with E-state index in [0.717, 1.165) is 5.56 Å². The van der Waals surface area contributed by atoms with Crippen LogP contribution in [-0.2, 0) is 32.1 Å². The van der Waals surface area contributed by atoms with E-state index < -0.39 is 27.6 Å². The highest BCUT2D eigenvalue weighted by Crippen LogP contribution is 2.17. The van der Waals surface area contributed by atoms with Gasteiger partial charge in [-0.3, -0.25) is 8.42 Å². The van der Waals surface area contributed by atoms with Gasteiger partial charge in [-0.15, -0.1) is 0 Å². The second-order valence-corrected chi connectivity index (χ2v) is 6.28. The molecule has 0 bridgehead atoms. The van der Waals surface area contributed by atoms with Crippen molar-refractivity contribution in [2.75, 3.05) is 19.6 Å². The molecule has 0 aromatic heterocycles. The molecule has 1 aromatic carbocycles. The Morgan fingerprint density at radius 1 is 1.29 bits per heavy atom. The van der Waals surface area contributed by atoms with Crippen molar-refractivity contribution in [3.63, 3.8) is 0 Å². The van der Waals surface area contributed by atoms with E-state index in [1.807, 2.05) is 0 Å². The topological polar surface area (TPSA) is 60.4 Å². The van der Waals surface area contributed by atoms with E-state index in [2.05, 4.69) is 4.74 Å². The molecule has 0 spiro atoms. The molecule has 1 aromatic rings. The molecule has 2 atom stereocenters. The summed E-state index contributed by atoms with van der Waals surface area (Å²) in [4.78, 5) is 11.9. The van der Waals surface area contributed by atoms with Crippen LogP contribution in [-0.4, -0.2) is 34.0 Å². The van der Waals surface area contributed by atoms with E-state index in [0.29, 0.717) is 16.2 Å². The van der Waals surface area contributed by atoms with Gasteiger partial charge in [0.25, 0.3) is 0 Å². The lowest BCUT2D eigenvalue weighted by Gasteiger charge is -2.07. The first-order valence-corrected chi connectivity index (χ1v) is 8.09. The molecule has 0 amide bonds. The third-order valence-electron chi connectivity index (χ3n) is 2.13. The normalized spacial score (nSPS) is 14.1. The molecule has 0 heterocycles.